The molecular weight excluding hydrogens is 496 g/mol. The van der Waals surface area contributed by atoms with E-state index in [1.165, 1.54) is 76.9 Å². The third kappa shape index (κ3) is 3.02. The van der Waals surface area contributed by atoms with Crippen LogP contribution in [0, 0.1) is 0 Å². The van der Waals surface area contributed by atoms with Crippen LogP contribution in [0.1, 0.15) is 37.8 Å². The van der Waals surface area contributed by atoms with Gasteiger partial charge in [-0.05, 0) is 83.6 Å². The van der Waals surface area contributed by atoms with E-state index in [1.807, 2.05) is 0 Å². The number of para-hydroxylation sites is 2. The van der Waals surface area contributed by atoms with Crippen molar-refractivity contribution in [1.29, 1.82) is 0 Å². The van der Waals surface area contributed by atoms with E-state index in [0.29, 0.717) is 0 Å². The van der Waals surface area contributed by atoms with Gasteiger partial charge in [0, 0.05) is 43.5 Å². The van der Waals surface area contributed by atoms with Crippen LogP contribution in [0.4, 0.5) is 0 Å². The molecule has 2 nitrogen and oxygen atoms in total. The fourth-order valence-electron chi connectivity index (χ4n) is 7.62. The number of benzene rings is 5. The minimum atomic E-state index is -0.0315. The molecule has 0 spiro atoms. The first-order chi connectivity index (χ1) is 20.1. The molecule has 41 heavy (non-hydrogen) atoms. The Morgan fingerprint density at radius 3 is 2.17 bits per heavy atom. The maximum absolute atomic E-state index is 2.52. The second-order valence-electron chi connectivity index (χ2n) is 12.1. The van der Waals surface area contributed by atoms with Crippen molar-refractivity contribution >= 4 is 44.9 Å². The predicted molar refractivity (Wildman–Crippen MR) is 173 cm³/mol. The van der Waals surface area contributed by atoms with Gasteiger partial charge in [-0.25, -0.2) is 0 Å². The quantitative estimate of drug-likeness (QED) is 0.214. The zero-order valence-electron chi connectivity index (χ0n) is 23.4. The van der Waals surface area contributed by atoms with Gasteiger partial charge in [0.2, 0.25) is 0 Å². The molecule has 5 aromatic carbocycles. The van der Waals surface area contributed by atoms with Crippen LogP contribution in [0.5, 0.6) is 0 Å². The van der Waals surface area contributed by atoms with Gasteiger partial charge in [0.15, 0.2) is 0 Å². The van der Waals surface area contributed by atoms with Crippen LogP contribution in [-0.4, -0.2) is 9.13 Å². The SMILES string of the molecule is CC1(C)c2ccccc2-c2cc3c4c(n(-c5ccc6c(c5)c5ccccc5n6-c5ccccc5)c3cc21)=CCCC=4. The molecule has 0 radical (unpaired) electrons. The number of aromatic nitrogens is 2. The number of hydrogen-bond donors (Lipinski definition) is 0. The summed E-state index contributed by atoms with van der Waals surface area (Å²) in [6, 6.07) is 40.5. The summed E-state index contributed by atoms with van der Waals surface area (Å²) in [6.45, 7) is 4.75. The maximum Gasteiger partial charge on any atom is 0.0544 e. The van der Waals surface area contributed by atoms with E-state index < -0.39 is 0 Å². The molecule has 7 aromatic rings. The van der Waals surface area contributed by atoms with Gasteiger partial charge in [-0.3, -0.25) is 0 Å². The highest BCUT2D eigenvalue weighted by atomic mass is 15.0. The van der Waals surface area contributed by atoms with Gasteiger partial charge in [0.25, 0.3) is 0 Å². The Kier molecular flexibility index (Phi) is 4.54. The molecule has 2 aliphatic rings. The molecule has 0 saturated carbocycles. The molecule has 2 heterocycles. The molecule has 0 saturated heterocycles. The van der Waals surface area contributed by atoms with E-state index in [-0.39, 0.29) is 5.41 Å². The lowest BCUT2D eigenvalue weighted by atomic mass is 9.82. The first-order valence-electron chi connectivity index (χ1n) is 14.7. The van der Waals surface area contributed by atoms with Gasteiger partial charge in [0.1, 0.15) is 0 Å². The van der Waals surface area contributed by atoms with Crippen LogP contribution in [-0.2, 0) is 5.41 Å². The van der Waals surface area contributed by atoms with Crippen molar-refractivity contribution in [3.8, 4) is 22.5 Å². The lowest BCUT2D eigenvalue weighted by Crippen LogP contribution is -2.30. The molecular formula is C39H30N2. The van der Waals surface area contributed by atoms with Crippen LogP contribution in [0.3, 0.4) is 0 Å². The molecule has 2 aromatic heterocycles. The van der Waals surface area contributed by atoms with Gasteiger partial charge in [0.05, 0.1) is 16.6 Å². The van der Waals surface area contributed by atoms with Crippen molar-refractivity contribution in [2.75, 3.05) is 0 Å². The van der Waals surface area contributed by atoms with E-state index in [4.69, 9.17) is 0 Å². The van der Waals surface area contributed by atoms with Crippen molar-refractivity contribution in [2.24, 2.45) is 0 Å². The van der Waals surface area contributed by atoms with Crippen LogP contribution in [0.15, 0.2) is 109 Å². The predicted octanol–water partition coefficient (Wildman–Crippen LogP) is 8.39. The number of nitrogens with zero attached hydrogens (tertiary/aromatic N) is 2. The zero-order chi connectivity index (χ0) is 27.3. The van der Waals surface area contributed by atoms with E-state index in [2.05, 4.69) is 144 Å². The van der Waals surface area contributed by atoms with E-state index in [9.17, 15) is 0 Å². The van der Waals surface area contributed by atoms with Crippen LogP contribution in [0.25, 0.3) is 67.4 Å². The third-order valence-corrected chi connectivity index (χ3v) is 9.53. The maximum atomic E-state index is 2.52. The molecule has 2 heteroatoms. The summed E-state index contributed by atoms with van der Waals surface area (Å²) in [5, 5.41) is 6.63. The molecule has 0 unspecified atom stereocenters. The Balaban J connectivity index is 1.36. The first-order valence-corrected chi connectivity index (χ1v) is 14.7. The van der Waals surface area contributed by atoms with E-state index >= 15 is 0 Å². The van der Waals surface area contributed by atoms with Crippen molar-refractivity contribution in [1.82, 2.24) is 9.13 Å². The Bertz CT molecular complexity index is 2330. The van der Waals surface area contributed by atoms with Crippen molar-refractivity contribution in [2.45, 2.75) is 32.1 Å². The first kappa shape index (κ1) is 22.9. The molecule has 196 valence electrons. The molecule has 0 aliphatic heterocycles. The highest BCUT2D eigenvalue weighted by molar-refractivity contribution is 6.10. The van der Waals surface area contributed by atoms with Crippen molar-refractivity contribution in [3.63, 3.8) is 0 Å². The molecule has 0 atom stereocenters. The summed E-state index contributed by atoms with van der Waals surface area (Å²) < 4.78 is 4.91. The number of rotatable bonds is 2. The highest BCUT2D eigenvalue weighted by Gasteiger charge is 2.36. The smallest absolute Gasteiger partial charge is 0.0544 e. The highest BCUT2D eigenvalue weighted by Crippen LogP contribution is 2.49. The molecule has 9 rings (SSSR count). The lowest BCUT2D eigenvalue weighted by molar-refractivity contribution is 0.661. The fraction of sp³-hybridized carbons (Fsp3) is 0.128. The average Bonchev–Trinajstić information content (AvgIpc) is 3.60. The molecule has 0 bridgehead atoms. The monoisotopic (exact) mass is 526 g/mol. The lowest BCUT2D eigenvalue weighted by Gasteiger charge is -2.21. The minimum absolute atomic E-state index is 0.0315. The summed E-state index contributed by atoms with van der Waals surface area (Å²) in [4.78, 5) is 0. The van der Waals surface area contributed by atoms with Crippen LogP contribution < -0.4 is 10.6 Å². The van der Waals surface area contributed by atoms with E-state index in [0.717, 1.165) is 12.8 Å². The van der Waals surface area contributed by atoms with Gasteiger partial charge in [-0.15, -0.1) is 0 Å². The molecule has 0 fully saturated rings. The standard InChI is InChI=1S/C39H30N2/c1-39(2)33-17-9-6-14-27(33)30-23-32-29-16-8-11-19-36(29)41(38(32)24-34(30)39)26-20-21-37-31(22-26)28-15-7-10-18-35(28)40(37)25-12-4-3-5-13-25/h3-7,9-10,12-24H,8,11H2,1-2H3. The summed E-state index contributed by atoms with van der Waals surface area (Å²) in [7, 11) is 0. The van der Waals surface area contributed by atoms with Crippen LogP contribution in [0.2, 0.25) is 0 Å². The Labute approximate surface area is 239 Å². The zero-order valence-corrected chi connectivity index (χ0v) is 23.4. The van der Waals surface area contributed by atoms with E-state index in [1.54, 1.807) is 0 Å². The summed E-state index contributed by atoms with van der Waals surface area (Å²) >= 11 is 0. The summed E-state index contributed by atoms with van der Waals surface area (Å²) in [5.41, 5.74) is 11.8. The Morgan fingerprint density at radius 1 is 0.512 bits per heavy atom. The van der Waals surface area contributed by atoms with Crippen molar-refractivity contribution in [3.05, 3.63) is 131 Å². The largest absolute Gasteiger partial charge is 0.310 e. The van der Waals surface area contributed by atoms with Gasteiger partial charge >= 0.3 is 0 Å². The average molecular weight is 527 g/mol. The third-order valence-electron chi connectivity index (χ3n) is 9.53. The fourth-order valence-corrected chi connectivity index (χ4v) is 7.62. The summed E-state index contributed by atoms with van der Waals surface area (Å²) in [6.07, 6.45) is 7.06. The molecule has 0 N–H and O–H groups in total. The second-order valence-corrected chi connectivity index (χ2v) is 12.1. The Hall–Kier alpha value is -4.82. The topological polar surface area (TPSA) is 9.86 Å². The van der Waals surface area contributed by atoms with Crippen molar-refractivity contribution < 1.29 is 0 Å². The molecule has 0 amide bonds. The van der Waals surface area contributed by atoms with Gasteiger partial charge in [-0.2, -0.15) is 0 Å². The minimum Gasteiger partial charge on any atom is -0.310 e. The van der Waals surface area contributed by atoms with Gasteiger partial charge < -0.3 is 9.13 Å². The second kappa shape index (κ2) is 8.11. The van der Waals surface area contributed by atoms with Gasteiger partial charge in [-0.1, -0.05) is 86.7 Å². The molecule has 2 aliphatic carbocycles. The summed E-state index contributed by atoms with van der Waals surface area (Å²) in [5.74, 6) is 0. The number of hydrogen-bond acceptors (Lipinski definition) is 0. The normalized spacial score (nSPS) is 15.0. The Morgan fingerprint density at radius 2 is 1.27 bits per heavy atom. The van der Waals surface area contributed by atoms with Crippen LogP contribution >= 0.6 is 0 Å². The number of fused-ring (bicyclic) bond motifs is 9.